The number of amides is 1. The van der Waals surface area contributed by atoms with Crippen molar-refractivity contribution in [3.05, 3.63) is 12.2 Å². The van der Waals surface area contributed by atoms with Crippen LogP contribution in [0.15, 0.2) is 12.2 Å². The Hall–Kier alpha value is -0.760. The number of phosphoric ester groups is 1. The van der Waals surface area contributed by atoms with E-state index in [9.17, 15) is 24.3 Å². The molecule has 0 aromatic rings. The third kappa shape index (κ3) is 29.9. The highest BCUT2D eigenvalue weighted by Gasteiger charge is 2.28. The fourth-order valence-electron chi connectivity index (χ4n) is 5.56. The number of likely N-dealkylation sites (N-methyl/N-ethyl adjacent to an activating group) is 1. The highest BCUT2D eigenvalue weighted by Crippen LogP contribution is 2.36. The van der Waals surface area contributed by atoms with Crippen molar-refractivity contribution in [1.82, 2.24) is 11.1 Å². The summed E-state index contributed by atoms with van der Waals surface area (Å²) < 4.78 is 16.0. The Bertz CT molecular complexity index is 703. The maximum Gasteiger partial charge on any atom is 0.469 e. The summed E-state index contributed by atoms with van der Waals surface area (Å²) in [7, 11) is -3.13. The molecule has 1 amide bonds. The highest BCUT2D eigenvalue weighted by molar-refractivity contribution is 7.46. The summed E-state index contributed by atoms with van der Waals surface area (Å²) >= 11 is 0. The van der Waals surface area contributed by atoms with Gasteiger partial charge in [0.2, 0.25) is 5.91 Å². The first-order valence-electron chi connectivity index (χ1n) is 18.0. The molecule has 0 aromatic carbocycles. The maximum absolute atomic E-state index is 12.8. The normalized spacial score (nSPS) is 13.2. The maximum atomic E-state index is 12.8. The molecule has 0 aliphatic carbocycles. The number of hydrogen-bond acceptors (Lipinski definition) is 5. The number of aliphatic hydroxyl groups is 1. The first kappa shape index (κ1) is 45.4. The van der Waals surface area contributed by atoms with E-state index in [1.54, 1.807) is 13.1 Å². The summed E-state index contributed by atoms with van der Waals surface area (Å²) in [4.78, 5) is 32.6. The Labute approximate surface area is 272 Å². The van der Waals surface area contributed by atoms with Crippen LogP contribution in [0, 0.1) is 0 Å². The molecule has 0 aliphatic rings. The summed E-state index contributed by atoms with van der Waals surface area (Å²) in [5, 5.41) is 10.8. The van der Waals surface area contributed by atoms with Gasteiger partial charge in [0, 0.05) is 13.5 Å². The molecule has 44 heavy (non-hydrogen) atoms. The molecule has 0 fully saturated rings. The monoisotopic (exact) mass is 649 g/mol. The summed E-state index contributed by atoms with van der Waals surface area (Å²) in [5.74, 6) is -0.139. The third-order valence-corrected chi connectivity index (χ3v) is 8.99. The zero-order chi connectivity index (χ0) is 32.0. The van der Waals surface area contributed by atoms with E-state index in [1.807, 2.05) is 6.08 Å². The van der Waals surface area contributed by atoms with E-state index in [1.165, 1.54) is 127 Å². The molecule has 0 saturated heterocycles. The van der Waals surface area contributed by atoms with Crippen LogP contribution in [0.3, 0.4) is 0 Å². The topological polar surface area (TPSA) is 142 Å². The van der Waals surface area contributed by atoms with Gasteiger partial charge >= 0.3 is 7.82 Å². The highest BCUT2D eigenvalue weighted by atomic mass is 31.2. The molecule has 0 saturated carbocycles. The minimum Gasteiger partial charge on any atom is -0.387 e. The van der Waals surface area contributed by atoms with Gasteiger partial charge in [-0.25, -0.2) is 4.57 Å². The van der Waals surface area contributed by atoms with Crippen LogP contribution in [0.5, 0.6) is 0 Å². The predicted octanol–water partition coefficient (Wildman–Crippen LogP) is 10.2. The SMILES string of the molecule is CCCCCCCCCCCCC/C=C/[C@@H](O)[C@H](COP(=O)(O)O)N(C)C(=O)CCCCCCCCCCCCCCC.N. The van der Waals surface area contributed by atoms with E-state index in [-0.39, 0.29) is 12.1 Å². The van der Waals surface area contributed by atoms with Gasteiger partial charge in [0.1, 0.15) is 0 Å². The van der Waals surface area contributed by atoms with Gasteiger partial charge in [-0.1, -0.05) is 167 Å². The molecule has 6 N–H and O–H groups in total. The zero-order valence-corrected chi connectivity index (χ0v) is 30.0. The van der Waals surface area contributed by atoms with Gasteiger partial charge in [-0.05, 0) is 19.3 Å². The van der Waals surface area contributed by atoms with Crippen molar-refractivity contribution in [1.29, 1.82) is 0 Å². The molecule has 0 aliphatic heterocycles. The van der Waals surface area contributed by atoms with Crippen LogP contribution in [0.4, 0.5) is 0 Å². The largest absolute Gasteiger partial charge is 0.469 e. The average Bonchev–Trinajstić information content (AvgIpc) is 2.97. The Morgan fingerprint density at radius 1 is 0.682 bits per heavy atom. The molecular formula is C35H73N2O6P. The van der Waals surface area contributed by atoms with Crippen LogP contribution in [0.25, 0.3) is 0 Å². The third-order valence-electron chi connectivity index (χ3n) is 8.50. The number of phosphoric acid groups is 1. The van der Waals surface area contributed by atoms with Gasteiger partial charge < -0.3 is 25.9 Å². The number of nitrogens with zero attached hydrogens (tertiary/aromatic N) is 1. The summed E-state index contributed by atoms with van der Waals surface area (Å²) in [6, 6.07) is -0.851. The van der Waals surface area contributed by atoms with Crippen molar-refractivity contribution in [2.75, 3.05) is 13.7 Å². The molecule has 264 valence electrons. The van der Waals surface area contributed by atoms with Crippen molar-refractivity contribution >= 4 is 13.7 Å². The quantitative estimate of drug-likeness (QED) is 0.0323. The molecule has 0 heterocycles. The van der Waals surface area contributed by atoms with E-state index < -0.39 is 26.6 Å². The molecule has 2 atom stereocenters. The second kappa shape index (κ2) is 32.2. The fourth-order valence-corrected chi connectivity index (χ4v) is 5.91. The van der Waals surface area contributed by atoms with E-state index >= 15 is 0 Å². The van der Waals surface area contributed by atoms with Gasteiger partial charge in [0.25, 0.3) is 0 Å². The standard InChI is InChI=1S/C35H70NO6P.H3N/c1-4-6-8-10-12-14-16-18-20-22-24-26-28-30-34(37)33(32-42-43(39,40)41)36(3)35(38)31-29-27-25-23-21-19-17-15-13-11-9-7-5-2;/h28,30,33-34,37H,4-27,29,31-32H2,1-3H3,(H2,39,40,41);1H3/b30-28+;/t33-,34+;/m0./s1. The number of carbonyl (C=O) groups is 1. The van der Waals surface area contributed by atoms with E-state index in [2.05, 4.69) is 13.8 Å². The van der Waals surface area contributed by atoms with Crippen molar-refractivity contribution in [3.8, 4) is 0 Å². The molecule has 0 unspecified atom stereocenters. The Morgan fingerprint density at radius 2 is 1.05 bits per heavy atom. The smallest absolute Gasteiger partial charge is 0.387 e. The van der Waals surface area contributed by atoms with Gasteiger partial charge in [-0.2, -0.15) is 0 Å². The molecule has 0 bridgehead atoms. The molecular weight excluding hydrogens is 575 g/mol. The lowest BCUT2D eigenvalue weighted by Crippen LogP contribution is -2.46. The number of unbranched alkanes of at least 4 members (excludes halogenated alkanes) is 23. The predicted molar refractivity (Wildman–Crippen MR) is 186 cm³/mol. The van der Waals surface area contributed by atoms with Crippen LogP contribution >= 0.6 is 7.82 Å². The van der Waals surface area contributed by atoms with E-state index in [0.29, 0.717) is 6.42 Å². The Morgan fingerprint density at radius 3 is 1.43 bits per heavy atom. The van der Waals surface area contributed by atoms with Crippen LogP contribution in [0.2, 0.25) is 0 Å². The van der Waals surface area contributed by atoms with Crippen LogP contribution < -0.4 is 6.15 Å². The van der Waals surface area contributed by atoms with E-state index in [0.717, 1.165) is 38.5 Å². The van der Waals surface area contributed by atoms with Crippen molar-refractivity contribution in [2.24, 2.45) is 0 Å². The van der Waals surface area contributed by atoms with E-state index in [4.69, 9.17) is 4.52 Å². The summed E-state index contributed by atoms with van der Waals surface area (Å²) in [5.41, 5.74) is 0. The molecule has 8 nitrogen and oxygen atoms in total. The van der Waals surface area contributed by atoms with Crippen molar-refractivity contribution < 1.29 is 28.8 Å². The minimum absolute atomic E-state index is 0. The molecule has 0 radical (unpaired) electrons. The van der Waals surface area contributed by atoms with Crippen LogP contribution in [0.1, 0.15) is 181 Å². The summed E-state index contributed by atoms with van der Waals surface area (Å²) in [6.07, 6.45) is 33.8. The number of carbonyl (C=O) groups excluding carboxylic acids is 1. The van der Waals surface area contributed by atoms with Crippen LogP contribution in [-0.2, 0) is 13.9 Å². The van der Waals surface area contributed by atoms with Gasteiger partial charge in [-0.3, -0.25) is 9.32 Å². The first-order valence-corrected chi connectivity index (χ1v) is 19.6. The molecule has 0 rings (SSSR count). The van der Waals surface area contributed by atoms with Crippen molar-refractivity contribution in [3.63, 3.8) is 0 Å². The number of rotatable bonds is 32. The van der Waals surface area contributed by atoms with Gasteiger partial charge in [-0.15, -0.1) is 0 Å². The molecule has 0 spiro atoms. The lowest BCUT2D eigenvalue weighted by Gasteiger charge is -2.30. The number of aliphatic hydroxyl groups excluding tert-OH is 1. The van der Waals surface area contributed by atoms with Crippen LogP contribution in [-0.4, -0.2) is 51.5 Å². The number of allylic oxidation sites excluding steroid dienone is 1. The van der Waals surface area contributed by atoms with Crippen molar-refractivity contribution in [2.45, 2.75) is 193 Å². The molecule has 9 heteroatoms. The van der Waals surface area contributed by atoms with Gasteiger partial charge in [0.15, 0.2) is 0 Å². The Kier molecular flexibility index (Phi) is 33.2. The lowest BCUT2D eigenvalue weighted by atomic mass is 10.0. The second-order valence-corrected chi connectivity index (χ2v) is 13.8. The Balaban J connectivity index is 0. The second-order valence-electron chi connectivity index (χ2n) is 12.6. The zero-order valence-electron chi connectivity index (χ0n) is 29.1. The first-order chi connectivity index (χ1) is 20.7. The molecule has 0 aromatic heterocycles. The summed E-state index contributed by atoms with van der Waals surface area (Å²) in [6.45, 7) is 4.07. The number of hydrogen-bond donors (Lipinski definition) is 4. The van der Waals surface area contributed by atoms with Gasteiger partial charge in [0.05, 0.1) is 18.8 Å². The lowest BCUT2D eigenvalue weighted by molar-refractivity contribution is -0.134. The average molecular weight is 649 g/mol. The minimum atomic E-state index is -4.71. The fraction of sp³-hybridized carbons (Fsp3) is 0.914.